The zero-order valence-electron chi connectivity index (χ0n) is 18.2. The Morgan fingerprint density at radius 2 is 1.59 bits per heavy atom. The van der Waals surface area contributed by atoms with Crippen molar-refractivity contribution in [2.75, 3.05) is 31.6 Å². The zero-order chi connectivity index (χ0) is 24.0. The molecule has 176 valence electrons. The molecule has 4 rings (SSSR count). The molecule has 7 nitrogen and oxygen atoms in total. The van der Waals surface area contributed by atoms with E-state index in [1.807, 2.05) is 6.07 Å². The first kappa shape index (κ1) is 24.0. The van der Waals surface area contributed by atoms with Crippen LogP contribution in [0.4, 0.5) is 5.69 Å². The van der Waals surface area contributed by atoms with Crippen molar-refractivity contribution in [2.24, 2.45) is 0 Å². The van der Waals surface area contributed by atoms with Crippen LogP contribution in [-0.2, 0) is 19.6 Å². The monoisotopic (exact) mass is 498 g/mol. The lowest BCUT2D eigenvalue weighted by Gasteiger charge is -2.26. The molecule has 0 bridgehead atoms. The van der Waals surface area contributed by atoms with Crippen molar-refractivity contribution in [3.8, 4) is 11.5 Å². The highest BCUT2D eigenvalue weighted by molar-refractivity contribution is 7.89. The van der Waals surface area contributed by atoms with E-state index in [4.69, 9.17) is 21.1 Å². The van der Waals surface area contributed by atoms with E-state index in [1.165, 1.54) is 22.5 Å². The van der Waals surface area contributed by atoms with Crippen LogP contribution in [0.2, 0.25) is 5.02 Å². The molecule has 1 heterocycles. The second-order valence-corrected chi connectivity index (χ2v) is 9.78. The quantitative estimate of drug-likeness (QED) is 0.473. The number of halogens is 1. The topological polar surface area (TPSA) is 84.9 Å². The number of nitrogens with one attached hydrogen (secondary N) is 1. The summed E-state index contributed by atoms with van der Waals surface area (Å²) in [6, 6.07) is 20.5. The number of morpholine rings is 1. The van der Waals surface area contributed by atoms with Crippen LogP contribution in [0, 0.1) is 0 Å². The van der Waals surface area contributed by atoms with Crippen LogP contribution >= 0.6 is 11.6 Å². The second-order valence-electron chi connectivity index (χ2n) is 7.44. The molecule has 9 heteroatoms. The van der Waals surface area contributed by atoms with Gasteiger partial charge in [-0.05, 0) is 48.0 Å². The van der Waals surface area contributed by atoms with Gasteiger partial charge in [0.2, 0.25) is 15.9 Å². The number of rotatable bonds is 7. The standard InChI is InChI=1S/C25H23ClN2O5S/c26-21-5-1-3-7-23(21)33-24-8-4-2-6-22(24)27-25(29)14-11-19-9-12-20(13-10-19)34(30,31)28-15-17-32-18-16-28/h1-14H,15-18H2,(H,27,29)/b14-11+. The predicted octanol–water partition coefficient (Wildman–Crippen LogP) is 4.81. The molecular formula is C25H23ClN2O5S. The fraction of sp³-hybridized carbons (Fsp3) is 0.160. The van der Waals surface area contributed by atoms with Gasteiger partial charge in [-0.15, -0.1) is 0 Å². The summed E-state index contributed by atoms with van der Waals surface area (Å²) in [6.07, 6.45) is 2.98. The maximum absolute atomic E-state index is 12.7. The first-order valence-electron chi connectivity index (χ1n) is 10.6. The van der Waals surface area contributed by atoms with Crippen molar-refractivity contribution < 1.29 is 22.7 Å². The highest BCUT2D eigenvalue weighted by Gasteiger charge is 2.25. The SMILES string of the molecule is O=C(/C=C/c1ccc(S(=O)(=O)N2CCOCC2)cc1)Nc1ccccc1Oc1ccccc1Cl. The maximum Gasteiger partial charge on any atom is 0.248 e. The van der Waals surface area contributed by atoms with Gasteiger partial charge in [-0.2, -0.15) is 4.31 Å². The summed E-state index contributed by atoms with van der Waals surface area (Å²) in [5.74, 6) is 0.573. The van der Waals surface area contributed by atoms with Crippen LogP contribution in [-0.4, -0.2) is 44.9 Å². The van der Waals surface area contributed by atoms with Crippen LogP contribution in [0.25, 0.3) is 6.08 Å². The molecule has 1 N–H and O–H groups in total. The molecule has 3 aromatic rings. The Bertz CT molecular complexity index is 1290. The van der Waals surface area contributed by atoms with E-state index in [2.05, 4.69) is 5.32 Å². The number of nitrogens with zero attached hydrogens (tertiary/aromatic N) is 1. The first-order chi connectivity index (χ1) is 16.4. The van der Waals surface area contributed by atoms with Crippen LogP contribution < -0.4 is 10.1 Å². The van der Waals surface area contributed by atoms with Crippen LogP contribution in [0.3, 0.4) is 0 Å². The fourth-order valence-electron chi connectivity index (χ4n) is 3.34. The number of ether oxygens (including phenoxy) is 2. The molecule has 1 fully saturated rings. The lowest BCUT2D eigenvalue weighted by atomic mass is 10.2. The molecule has 0 saturated carbocycles. The van der Waals surface area contributed by atoms with Crippen molar-refractivity contribution in [1.29, 1.82) is 0 Å². The van der Waals surface area contributed by atoms with Gasteiger partial charge in [0.05, 0.1) is 28.8 Å². The molecule has 0 aliphatic carbocycles. The second kappa shape index (κ2) is 10.8. The molecular weight excluding hydrogens is 476 g/mol. The number of hydrogen-bond donors (Lipinski definition) is 1. The number of carbonyl (C=O) groups excluding carboxylic acids is 1. The van der Waals surface area contributed by atoms with Gasteiger partial charge in [-0.25, -0.2) is 8.42 Å². The van der Waals surface area contributed by atoms with E-state index in [0.29, 0.717) is 54.1 Å². The zero-order valence-corrected chi connectivity index (χ0v) is 19.8. The summed E-state index contributed by atoms with van der Waals surface area (Å²) in [6.45, 7) is 1.46. The fourth-order valence-corrected chi connectivity index (χ4v) is 4.92. The highest BCUT2D eigenvalue weighted by Crippen LogP contribution is 2.33. The van der Waals surface area contributed by atoms with E-state index in [-0.39, 0.29) is 10.8 Å². The lowest BCUT2D eigenvalue weighted by Crippen LogP contribution is -2.40. The Hall–Kier alpha value is -3.17. The first-order valence-corrected chi connectivity index (χ1v) is 12.4. The number of hydrogen-bond acceptors (Lipinski definition) is 5. The van der Waals surface area contributed by atoms with Crippen LogP contribution in [0.15, 0.2) is 83.8 Å². The minimum absolute atomic E-state index is 0.210. The Balaban J connectivity index is 1.41. The smallest absolute Gasteiger partial charge is 0.248 e. The molecule has 1 saturated heterocycles. The summed E-state index contributed by atoms with van der Waals surface area (Å²) < 4.78 is 37.9. The number of para-hydroxylation sites is 3. The Morgan fingerprint density at radius 3 is 2.29 bits per heavy atom. The van der Waals surface area contributed by atoms with Crippen molar-refractivity contribution in [2.45, 2.75) is 4.90 Å². The number of amides is 1. The minimum Gasteiger partial charge on any atom is -0.454 e. The molecule has 1 aliphatic rings. The van der Waals surface area contributed by atoms with Gasteiger partial charge in [0, 0.05) is 19.2 Å². The molecule has 0 atom stereocenters. The largest absolute Gasteiger partial charge is 0.454 e. The van der Waals surface area contributed by atoms with Gasteiger partial charge in [-0.1, -0.05) is 48.0 Å². The molecule has 0 unspecified atom stereocenters. The molecule has 0 aromatic heterocycles. The van der Waals surface area contributed by atoms with Gasteiger partial charge in [0.25, 0.3) is 0 Å². The minimum atomic E-state index is -3.56. The van der Waals surface area contributed by atoms with E-state index in [1.54, 1.807) is 60.7 Å². The third kappa shape index (κ3) is 5.84. The molecule has 1 aliphatic heterocycles. The van der Waals surface area contributed by atoms with Gasteiger partial charge in [0.1, 0.15) is 5.75 Å². The molecule has 0 radical (unpaired) electrons. The Labute approximate surface area is 203 Å². The third-order valence-corrected chi connectivity index (χ3v) is 7.34. The summed E-state index contributed by atoms with van der Waals surface area (Å²) in [7, 11) is -3.56. The van der Waals surface area contributed by atoms with Crippen LogP contribution in [0.5, 0.6) is 11.5 Å². The van der Waals surface area contributed by atoms with E-state index in [9.17, 15) is 13.2 Å². The average molecular weight is 499 g/mol. The average Bonchev–Trinajstić information content (AvgIpc) is 2.86. The van der Waals surface area contributed by atoms with Gasteiger partial charge in [-0.3, -0.25) is 4.79 Å². The number of anilines is 1. The van der Waals surface area contributed by atoms with Gasteiger partial charge < -0.3 is 14.8 Å². The number of sulfonamides is 1. The van der Waals surface area contributed by atoms with E-state index in [0.717, 1.165) is 0 Å². The Kier molecular flexibility index (Phi) is 7.64. The molecule has 3 aromatic carbocycles. The summed E-state index contributed by atoms with van der Waals surface area (Å²) in [5, 5.41) is 3.25. The van der Waals surface area contributed by atoms with E-state index < -0.39 is 10.0 Å². The highest BCUT2D eigenvalue weighted by atomic mass is 35.5. The van der Waals surface area contributed by atoms with Crippen LogP contribution in [0.1, 0.15) is 5.56 Å². The molecule has 0 spiro atoms. The summed E-state index contributed by atoms with van der Waals surface area (Å²) >= 11 is 6.16. The van der Waals surface area contributed by atoms with Crippen molar-refractivity contribution in [1.82, 2.24) is 4.31 Å². The van der Waals surface area contributed by atoms with Gasteiger partial charge in [0.15, 0.2) is 5.75 Å². The number of benzene rings is 3. The van der Waals surface area contributed by atoms with E-state index >= 15 is 0 Å². The molecule has 34 heavy (non-hydrogen) atoms. The maximum atomic E-state index is 12.7. The third-order valence-electron chi connectivity index (χ3n) is 5.12. The Morgan fingerprint density at radius 1 is 0.941 bits per heavy atom. The number of carbonyl (C=O) groups is 1. The normalized spacial score (nSPS) is 14.7. The van der Waals surface area contributed by atoms with Crippen molar-refractivity contribution in [3.05, 3.63) is 89.5 Å². The van der Waals surface area contributed by atoms with Gasteiger partial charge >= 0.3 is 0 Å². The summed E-state index contributed by atoms with van der Waals surface area (Å²) in [5.41, 5.74) is 1.18. The van der Waals surface area contributed by atoms with Crippen molar-refractivity contribution in [3.63, 3.8) is 0 Å². The van der Waals surface area contributed by atoms with Crippen molar-refractivity contribution >= 4 is 39.3 Å². The lowest BCUT2D eigenvalue weighted by molar-refractivity contribution is -0.111. The predicted molar refractivity (Wildman–Crippen MR) is 132 cm³/mol. The summed E-state index contributed by atoms with van der Waals surface area (Å²) in [4.78, 5) is 12.7. The molecule has 1 amide bonds.